The fraction of sp³-hybridized carbons (Fsp3) is 0.571. The Bertz CT molecular complexity index is 3520. The van der Waals surface area contributed by atoms with Gasteiger partial charge in [-0.1, -0.05) is 234 Å². The Morgan fingerprint density at radius 2 is 0.576 bits per heavy atom. The van der Waals surface area contributed by atoms with Crippen molar-refractivity contribution in [3.63, 3.8) is 0 Å². The van der Waals surface area contributed by atoms with Gasteiger partial charge in [0, 0.05) is 80.7 Å². The zero-order chi connectivity index (χ0) is 64.3. The van der Waals surface area contributed by atoms with Crippen LogP contribution in [0.2, 0.25) is 0 Å². The molecule has 2 nitrogen and oxygen atoms in total. The third-order valence-electron chi connectivity index (χ3n) is 19.8. The average molecular weight is 1350 g/mol. The SMILES string of the molecule is CCCCCCCCc1ccsc1/C=C/c1sc(-c2sc3c(c2CCCCCCCC)c(=O)c2cc4c(cc23)c(=O)c2c(CCCCCCCC)c(-c3cc(CCCCCCCC)c(/C=C/c5sccc5CCCCCCCC)s3)sc24)cc1CCCCCCCC. The summed E-state index contributed by atoms with van der Waals surface area (Å²) < 4.78 is 2.18. The van der Waals surface area contributed by atoms with Gasteiger partial charge in [-0.2, -0.15) is 0 Å². The second-order valence-corrected chi connectivity index (χ2v) is 33.3. The summed E-state index contributed by atoms with van der Waals surface area (Å²) in [5.74, 6) is 0. The maximum absolute atomic E-state index is 15.6. The Kier molecular flexibility index (Phi) is 31.1. The minimum atomic E-state index is 0.167. The van der Waals surface area contributed by atoms with Crippen molar-refractivity contribution < 1.29 is 0 Å². The van der Waals surface area contributed by atoms with Gasteiger partial charge in [-0.3, -0.25) is 9.59 Å². The summed E-state index contributed by atoms with van der Waals surface area (Å²) in [6.07, 6.45) is 61.8. The van der Waals surface area contributed by atoms with Crippen LogP contribution in [-0.4, -0.2) is 0 Å². The second kappa shape index (κ2) is 39.5. The maximum Gasteiger partial charge on any atom is 0.195 e. The Labute approximate surface area is 580 Å². The summed E-state index contributed by atoms with van der Waals surface area (Å²) in [5, 5.41) is 10.0. The average Bonchev–Trinajstić information content (AvgIpc) is 1.55. The number of hydrogen-bond acceptors (Lipinski definition) is 8. The molecule has 0 atom stereocenters. The molecule has 498 valence electrons. The van der Waals surface area contributed by atoms with Gasteiger partial charge in [0.2, 0.25) is 0 Å². The predicted molar refractivity (Wildman–Crippen MR) is 423 cm³/mol. The third-order valence-corrected chi connectivity index (χ3v) is 26.9. The molecule has 0 aliphatic heterocycles. The molecule has 0 fully saturated rings. The molecule has 3 aromatic carbocycles. The second-order valence-electron chi connectivity index (χ2n) is 27.2. The molecule has 6 aromatic heterocycles. The Hall–Kier alpha value is -3.76. The zero-order valence-corrected chi connectivity index (χ0v) is 62.8. The van der Waals surface area contributed by atoms with Crippen molar-refractivity contribution >= 4 is 134 Å². The van der Waals surface area contributed by atoms with Crippen LogP contribution in [0, 0.1) is 0 Å². The van der Waals surface area contributed by atoms with Crippen LogP contribution >= 0.6 is 68.0 Å². The van der Waals surface area contributed by atoms with Crippen LogP contribution in [0.25, 0.3) is 85.5 Å². The van der Waals surface area contributed by atoms with Crippen LogP contribution < -0.4 is 10.9 Å². The first-order chi connectivity index (χ1) is 45.3. The van der Waals surface area contributed by atoms with Crippen LogP contribution in [0.15, 0.2) is 56.7 Å². The van der Waals surface area contributed by atoms with E-state index in [2.05, 4.69) is 113 Å². The molecule has 9 aromatic rings. The topological polar surface area (TPSA) is 34.1 Å². The van der Waals surface area contributed by atoms with Gasteiger partial charge < -0.3 is 0 Å². The summed E-state index contributed by atoms with van der Waals surface area (Å²) in [7, 11) is 0. The number of unbranched alkanes of at least 4 members (excludes halogenated alkanes) is 30. The summed E-state index contributed by atoms with van der Waals surface area (Å²) >= 11 is 11.4. The third kappa shape index (κ3) is 19.7. The normalized spacial score (nSPS) is 12.3. The maximum atomic E-state index is 15.6. The molecule has 9 rings (SSSR count). The van der Waals surface area contributed by atoms with E-state index in [9.17, 15) is 0 Å². The van der Waals surface area contributed by atoms with E-state index < -0.39 is 0 Å². The van der Waals surface area contributed by atoms with Crippen molar-refractivity contribution in [2.45, 2.75) is 311 Å². The fourth-order valence-corrected chi connectivity index (χ4v) is 21.3. The molecule has 6 heterocycles. The monoisotopic (exact) mass is 1350 g/mol. The lowest BCUT2D eigenvalue weighted by Crippen LogP contribution is -1.99. The Morgan fingerprint density at radius 3 is 0.902 bits per heavy atom. The quantitative estimate of drug-likeness (QED) is 0.0356. The lowest BCUT2D eigenvalue weighted by Gasteiger charge is -2.04. The highest BCUT2D eigenvalue weighted by atomic mass is 32.1. The van der Waals surface area contributed by atoms with Gasteiger partial charge in [-0.05, 0) is 182 Å². The first kappa shape index (κ1) is 72.5. The highest BCUT2D eigenvalue weighted by molar-refractivity contribution is 7.28. The van der Waals surface area contributed by atoms with Crippen molar-refractivity contribution in [2.24, 2.45) is 0 Å². The molecular weight excluding hydrogens is 1230 g/mol. The van der Waals surface area contributed by atoms with Crippen molar-refractivity contribution in [1.82, 2.24) is 0 Å². The summed E-state index contributed by atoms with van der Waals surface area (Å²) in [6.45, 7) is 13.8. The number of rotatable bonds is 48. The van der Waals surface area contributed by atoms with Crippen molar-refractivity contribution in [3.8, 4) is 19.5 Å². The smallest absolute Gasteiger partial charge is 0.195 e. The van der Waals surface area contributed by atoms with E-state index in [1.165, 1.54) is 291 Å². The molecule has 92 heavy (non-hydrogen) atoms. The van der Waals surface area contributed by atoms with E-state index in [4.69, 9.17) is 0 Å². The molecule has 0 aliphatic rings. The molecule has 0 radical (unpaired) electrons. The molecule has 0 unspecified atom stereocenters. The molecule has 0 aliphatic carbocycles. The molecular formula is C84H114O2S6. The van der Waals surface area contributed by atoms with E-state index >= 15 is 9.59 Å². The van der Waals surface area contributed by atoms with E-state index in [1.54, 1.807) is 0 Å². The Balaban J connectivity index is 1.10. The van der Waals surface area contributed by atoms with E-state index in [0.29, 0.717) is 0 Å². The zero-order valence-electron chi connectivity index (χ0n) is 57.9. The van der Waals surface area contributed by atoms with E-state index in [1.807, 2.05) is 68.0 Å². The molecule has 0 saturated carbocycles. The summed E-state index contributed by atoms with van der Waals surface area (Å²) in [6, 6.07) is 14.1. The highest BCUT2D eigenvalue weighted by Gasteiger charge is 2.28. The molecule has 0 N–H and O–H groups in total. The van der Waals surface area contributed by atoms with Gasteiger partial charge in [0.15, 0.2) is 10.9 Å². The van der Waals surface area contributed by atoms with Crippen LogP contribution in [0.3, 0.4) is 0 Å². The predicted octanol–water partition coefficient (Wildman–Crippen LogP) is 29.4. The number of benzene rings is 1. The lowest BCUT2D eigenvalue weighted by atomic mass is 10.0. The molecule has 0 amide bonds. The molecule has 0 saturated heterocycles. The largest absolute Gasteiger partial charge is 0.289 e. The van der Waals surface area contributed by atoms with Gasteiger partial charge in [-0.25, -0.2) is 0 Å². The van der Waals surface area contributed by atoms with Gasteiger partial charge in [0.25, 0.3) is 0 Å². The van der Waals surface area contributed by atoms with Gasteiger partial charge in [0.05, 0.1) is 0 Å². The minimum absolute atomic E-state index is 0.167. The van der Waals surface area contributed by atoms with Gasteiger partial charge in [-0.15, -0.1) is 68.0 Å². The van der Waals surface area contributed by atoms with E-state index in [0.717, 1.165) is 93.1 Å². The van der Waals surface area contributed by atoms with Crippen molar-refractivity contribution in [3.05, 3.63) is 120 Å². The first-order valence-corrected chi connectivity index (χ1v) is 42.7. The summed E-state index contributed by atoms with van der Waals surface area (Å²) in [4.78, 5) is 41.9. The first-order valence-electron chi connectivity index (χ1n) is 37.7. The fourth-order valence-electron chi connectivity index (χ4n) is 14.3. The van der Waals surface area contributed by atoms with Crippen LogP contribution in [0.4, 0.5) is 0 Å². The van der Waals surface area contributed by atoms with Gasteiger partial charge >= 0.3 is 0 Å². The van der Waals surface area contributed by atoms with Gasteiger partial charge in [0.1, 0.15) is 0 Å². The van der Waals surface area contributed by atoms with Crippen molar-refractivity contribution in [1.29, 1.82) is 0 Å². The van der Waals surface area contributed by atoms with E-state index in [-0.39, 0.29) is 10.9 Å². The van der Waals surface area contributed by atoms with Crippen LogP contribution in [-0.2, 0) is 38.5 Å². The standard InChI is InChI=1S/C84H114O2S6/c1-7-13-19-25-31-37-43-61-53-55-87-71(61)49-51-73-63(45-39-33-27-21-15-9-3)57-75(89-73)81-65(47-41-35-29-23-17-11-5)77-79(85)67-60-70-68(59-69(67)83(77)91-81)80(86)78-66(48-42-36-30-24-18-12-6)82(92-84(70)78)76-58-64(46-40-34-28-22-16-10-4)74(90-76)52-50-72-62(54-56-88-72)44-38-32-26-20-14-8-2/h49-60H,7-48H2,1-6H3/b51-49+,52-50+. The summed E-state index contributed by atoms with van der Waals surface area (Å²) in [5.41, 5.74) is 8.74. The molecule has 0 spiro atoms. The number of thiophene rings is 6. The Morgan fingerprint density at radius 1 is 0.293 bits per heavy atom. The molecule has 0 bridgehead atoms. The molecule has 8 heteroatoms. The number of fused-ring (bicyclic) bond motifs is 6. The van der Waals surface area contributed by atoms with Crippen LogP contribution in [0.5, 0.6) is 0 Å². The minimum Gasteiger partial charge on any atom is -0.289 e. The van der Waals surface area contributed by atoms with Crippen LogP contribution in [0.1, 0.15) is 326 Å². The van der Waals surface area contributed by atoms with Crippen molar-refractivity contribution in [2.75, 3.05) is 0 Å². The highest BCUT2D eigenvalue weighted by Crippen LogP contribution is 2.50. The number of hydrogen-bond donors (Lipinski definition) is 0. The number of aryl methyl sites for hydroxylation is 6. The lowest BCUT2D eigenvalue weighted by molar-refractivity contribution is 0.607.